The summed E-state index contributed by atoms with van der Waals surface area (Å²) in [6.07, 6.45) is 0. The molecule has 3 atom stereocenters. The van der Waals surface area contributed by atoms with Gasteiger partial charge in [-0.25, -0.2) is 5.01 Å². The van der Waals surface area contributed by atoms with Crippen LogP contribution in [0.3, 0.4) is 0 Å². The Morgan fingerprint density at radius 1 is 0.674 bits per heavy atom. The zero-order valence-electron chi connectivity index (χ0n) is 22.7. The van der Waals surface area contributed by atoms with Crippen LogP contribution in [0.5, 0.6) is 0 Å². The van der Waals surface area contributed by atoms with Crippen LogP contribution in [0.4, 0.5) is 0 Å². The summed E-state index contributed by atoms with van der Waals surface area (Å²) in [6.45, 7) is 1.51. The lowest BCUT2D eigenvalue weighted by molar-refractivity contribution is -0.156. The summed E-state index contributed by atoms with van der Waals surface area (Å²) in [5.41, 5.74) is 4.37. The Morgan fingerprint density at radius 3 is 1.60 bits per heavy atom. The van der Waals surface area contributed by atoms with Crippen LogP contribution in [0.1, 0.15) is 61.7 Å². The van der Waals surface area contributed by atoms with Crippen LogP contribution in [0.2, 0.25) is 15.1 Å². The minimum atomic E-state index is -1.22. The highest BCUT2D eigenvalue weighted by Gasteiger charge is 2.63. The van der Waals surface area contributed by atoms with Crippen LogP contribution in [0, 0.1) is 11.8 Å². The minimum absolute atomic E-state index is 0.0789. The molecule has 1 fully saturated rings. The molecule has 3 aliphatic carbocycles. The number of halogens is 3. The average Bonchev–Trinajstić information content (AvgIpc) is 3.28. The minimum Gasteiger partial charge on any atom is -0.292 e. The van der Waals surface area contributed by atoms with Crippen LogP contribution in [0.25, 0.3) is 0 Å². The molecule has 1 aliphatic heterocycles. The molecule has 0 unspecified atom stereocenters. The highest BCUT2D eigenvalue weighted by atomic mass is 35.5. The molecule has 4 aliphatic rings. The van der Waals surface area contributed by atoms with Gasteiger partial charge in [0, 0.05) is 28.0 Å². The first-order valence-electron chi connectivity index (χ1n) is 13.8. The number of nitrogens with zero attached hydrogens (tertiary/aromatic N) is 2. The summed E-state index contributed by atoms with van der Waals surface area (Å²) in [6, 6.07) is 25.0. The van der Waals surface area contributed by atoms with E-state index in [2.05, 4.69) is 0 Å². The van der Waals surface area contributed by atoms with E-state index in [0.29, 0.717) is 5.02 Å². The predicted octanol–water partition coefficient (Wildman–Crippen LogP) is 7.17. The fourth-order valence-electron chi connectivity index (χ4n) is 7.04. The second-order valence-electron chi connectivity index (χ2n) is 11.1. The van der Waals surface area contributed by atoms with Gasteiger partial charge in [0.25, 0.3) is 17.7 Å². The number of ketones is 1. The summed E-state index contributed by atoms with van der Waals surface area (Å²) in [4.78, 5) is 57.0. The van der Waals surface area contributed by atoms with E-state index in [0.717, 1.165) is 32.3 Å². The van der Waals surface area contributed by atoms with Crippen LogP contribution >= 0.6 is 34.8 Å². The molecule has 43 heavy (non-hydrogen) atoms. The number of carbonyl (C=O) groups excluding carboxylic acids is 4. The highest BCUT2D eigenvalue weighted by Crippen LogP contribution is 2.61. The molecule has 3 amide bonds. The standard InChI is InChI=1S/C34H23Cl3N2O4/c1-17(31(40)18-10-13-20(35)14-11-18)38(32(41)19-12-15-25(36)26(37)16-19)39-33(42)29-27-21-6-2-3-7-22(21)28(30(29)34(39)43)24-9-5-4-8-23(24)27/h2-17,27-30H,1H3/t17-,27?,28?,29-,30+/m1/s1. The Kier molecular flexibility index (Phi) is 6.69. The maximum Gasteiger partial charge on any atom is 0.273 e. The first-order chi connectivity index (χ1) is 20.7. The molecule has 214 valence electrons. The van der Waals surface area contributed by atoms with Gasteiger partial charge in [0.1, 0.15) is 6.04 Å². The van der Waals surface area contributed by atoms with Crippen LogP contribution in [0.15, 0.2) is 91.0 Å². The van der Waals surface area contributed by atoms with Gasteiger partial charge < -0.3 is 0 Å². The highest BCUT2D eigenvalue weighted by molar-refractivity contribution is 6.42. The lowest BCUT2D eigenvalue weighted by Gasteiger charge is -2.45. The number of benzene rings is 4. The van der Waals surface area contributed by atoms with Gasteiger partial charge in [0.15, 0.2) is 5.78 Å². The van der Waals surface area contributed by atoms with Crippen molar-refractivity contribution >= 4 is 58.3 Å². The van der Waals surface area contributed by atoms with E-state index in [9.17, 15) is 19.2 Å². The molecule has 4 aromatic rings. The number of rotatable bonds is 5. The fourth-order valence-corrected chi connectivity index (χ4v) is 7.47. The monoisotopic (exact) mass is 628 g/mol. The van der Waals surface area contributed by atoms with Crippen LogP contribution in [-0.2, 0) is 9.59 Å². The summed E-state index contributed by atoms with van der Waals surface area (Å²) in [7, 11) is 0. The fraction of sp³-hybridized carbons (Fsp3) is 0.176. The average molecular weight is 630 g/mol. The van der Waals surface area contributed by atoms with E-state index in [1.165, 1.54) is 25.1 Å². The van der Waals surface area contributed by atoms with Gasteiger partial charge in [-0.15, -0.1) is 0 Å². The predicted molar refractivity (Wildman–Crippen MR) is 163 cm³/mol. The number of Topliss-reactive ketones (excluding diaryl/α,β-unsaturated/α-hetero) is 1. The van der Waals surface area contributed by atoms with Gasteiger partial charge in [-0.05, 0) is 71.6 Å². The number of amides is 3. The third-order valence-corrected chi connectivity index (χ3v) is 9.88. The van der Waals surface area contributed by atoms with Crippen molar-refractivity contribution in [2.75, 3.05) is 0 Å². The van der Waals surface area contributed by atoms with Crippen molar-refractivity contribution in [3.05, 3.63) is 139 Å². The Balaban J connectivity index is 1.36. The molecule has 0 N–H and O–H groups in total. The maximum atomic E-state index is 14.5. The third kappa shape index (κ3) is 4.15. The van der Waals surface area contributed by atoms with Crippen molar-refractivity contribution in [3.8, 4) is 0 Å². The summed E-state index contributed by atoms with van der Waals surface area (Å²) in [5, 5.41) is 2.71. The topological polar surface area (TPSA) is 74.8 Å². The number of carbonyl (C=O) groups is 4. The largest absolute Gasteiger partial charge is 0.292 e. The van der Waals surface area contributed by atoms with Crippen molar-refractivity contribution in [1.82, 2.24) is 10.0 Å². The van der Waals surface area contributed by atoms with Crippen LogP contribution < -0.4 is 0 Å². The van der Waals surface area contributed by atoms with Gasteiger partial charge in [0.05, 0.1) is 21.9 Å². The summed E-state index contributed by atoms with van der Waals surface area (Å²) < 4.78 is 0. The molecule has 8 rings (SSSR count). The summed E-state index contributed by atoms with van der Waals surface area (Å²) >= 11 is 18.4. The van der Waals surface area contributed by atoms with E-state index in [-0.39, 0.29) is 33.0 Å². The lowest BCUT2D eigenvalue weighted by atomic mass is 9.55. The molecular weight excluding hydrogens is 607 g/mol. The van der Waals surface area contributed by atoms with E-state index in [1.807, 2.05) is 48.5 Å². The normalized spacial score (nSPS) is 22.1. The Bertz CT molecular complexity index is 1740. The molecule has 0 aromatic heterocycles. The van der Waals surface area contributed by atoms with E-state index in [4.69, 9.17) is 34.8 Å². The van der Waals surface area contributed by atoms with E-state index < -0.39 is 41.4 Å². The maximum absolute atomic E-state index is 14.5. The van der Waals surface area contributed by atoms with Crippen molar-refractivity contribution in [2.24, 2.45) is 11.8 Å². The molecule has 1 saturated heterocycles. The molecule has 0 saturated carbocycles. The van der Waals surface area contributed by atoms with Gasteiger partial charge in [-0.2, -0.15) is 5.01 Å². The molecule has 0 spiro atoms. The molecular formula is C34H23Cl3N2O4. The van der Waals surface area contributed by atoms with Crippen molar-refractivity contribution in [1.29, 1.82) is 0 Å². The Hall–Kier alpha value is -3.97. The summed E-state index contributed by atoms with van der Waals surface area (Å²) in [5.74, 6) is -4.42. The quantitative estimate of drug-likeness (QED) is 0.173. The molecule has 1 heterocycles. The van der Waals surface area contributed by atoms with Crippen LogP contribution in [-0.4, -0.2) is 39.6 Å². The number of imide groups is 1. The second kappa shape index (κ2) is 10.3. The zero-order chi connectivity index (χ0) is 30.2. The van der Waals surface area contributed by atoms with Gasteiger partial charge in [-0.1, -0.05) is 83.3 Å². The van der Waals surface area contributed by atoms with E-state index in [1.54, 1.807) is 24.3 Å². The lowest BCUT2D eigenvalue weighted by Crippen LogP contribution is -2.56. The second-order valence-corrected chi connectivity index (χ2v) is 12.3. The Labute approximate surface area is 262 Å². The molecule has 4 aromatic carbocycles. The third-order valence-electron chi connectivity index (χ3n) is 8.89. The zero-order valence-corrected chi connectivity index (χ0v) is 25.0. The van der Waals surface area contributed by atoms with E-state index >= 15 is 0 Å². The first-order valence-corrected chi connectivity index (χ1v) is 15.0. The number of hydrazine groups is 1. The van der Waals surface area contributed by atoms with Crippen molar-refractivity contribution in [3.63, 3.8) is 0 Å². The molecule has 0 radical (unpaired) electrons. The smallest absolute Gasteiger partial charge is 0.273 e. The molecule has 2 bridgehead atoms. The first kappa shape index (κ1) is 27.8. The van der Waals surface area contributed by atoms with Gasteiger partial charge in [0.2, 0.25) is 0 Å². The van der Waals surface area contributed by atoms with Crippen molar-refractivity contribution < 1.29 is 19.2 Å². The number of hydrogen-bond acceptors (Lipinski definition) is 4. The Morgan fingerprint density at radius 2 is 1.14 bits per heavy atom. The molecule has 6 nitrogen and oxygen atoms in total. The van der Waals surface area contributed by atoms with Gasteiger partial charge >= 0.3 is 0 Å². The van der Waals surface area contributed by atoms with Gasteiger partial charge in [-0.3, -0.25) is 19.2 Å². The number of hydrogen-bond donors (Lipinski definition) is 0. The van der Waals surface area contributed by atoms with Crippen molar-refractivity contribution in [2.45, 2.75) is 24.8 Å². The SMILES string of the molecule is C[C@H](C(=O)c1ccc(Cl)cc1)N(C(=O)c1ccc(Cl)c(Cl)c1)N1C(=O)[C@@H]2C3c4ccccc4C(c4ccccc43)[C@@H]2C1=O. The molecule has 9 heteroatoms.